The predicted molar refractivity (Wildman–Crippen MR) is 130 cm³/mol. The van der Waals surface area contributed by atoms with Crippen molar-refractivity contribution in [2.24, 2.45) is 0 Å². The molecule has 0 aliphatic carbocycles. The molecule has 0 aliphatic rings. The number of aromatic nitrogens is 3. The zero-order valence-corrected chi connectivity index (χ0v) is 19.7. The Morgan fingerprint density at radius 1 is 1.00 bits per heavy atom. The molecule has 0 amide bonds. The fourth-order valence-corrected chi connectivity index (χ4v) is 4.02. The van der Waals surface area contributed by atoms with Crippen LogP contribution < -0.4 is 15.0 Å². The smallest absolute Gasteiger partial charge is 0.272 e. The van der Waals surface area contributed by atoms with Crippen LogP contribution >= 0.6 is 11.6 Å². The van der Waals surface area contributed by atoms with E-state index in [-0.39, 0.29) is 5.56 Å². The van der Waals surface area contributed by atoms with Gasteiger partial charge < -0.3 is 9.47 Å². The molecule has 4 rings (SSSR count). The van der Waals surface area contributed by atoms with Crippen molar-refractivity contribution in [2.75, 3.05) is 20.8 Å². The van der Waals surface area contributed by atoms with Gasteiger partial charge in [-0.05, 0) is 48.4 Å². The second-order valence-corrected chi connectivity index (χ2v) is 8.29. The Morgan fingerprint density at radius 3 is 2.45 bits per heavy atom. The lowest BCUT2D eigenvalue weighted by Crippen LogP contribution is -2.26. The second kappa shape index (κ2) is 10.1. The molecule has 1 N–H and O–H groups in total. The van der Waals surface area contributed by atoms with E-state index in [0.29, 0.717) is 35.3 Å². The molecule has 0 fully saturated rings. The van der Waals surface area contributed by atoms with Crippen molar-refractivity contribution in [2.45, 2.75) is 26.4 Å². The highest BCUT2D eigenvalue weighted by molar-refractivity contribution is 6.30. The SMILES string of the molecule is CCCN(Cc1ccc(OC)c(OC)c1)Cc1cc(=O)n2[nH]c(-c3ccc(Cl)cc3)cc2n1. The summed E-state index contributed by atoms with van der Waals surface area (Å²) in [7, 11) is 3.26. The third-order valence-corrected chi connectivity index (χ3v) is 5.69. The average molecular weight is 467 g/mol. The lowest BCUT2D eigenvalue weighted by atomic mass is 10.1. The molecule has 8 heteroatoms. The zero-order chi connectivity index (χ0) is 23.4. The van der Waals surface area contributed by atoms with Crippen molar-refractivity contribution in [1.82, 2.24) is 19.5 Å². The summed E-state index contributed by atoms with van der Waals surface area (Å²) >= 11 is 5.99. The fraction of sp³-hybridized carbons (Fsp3) is 0.280. The highest BCUT2D eigenvalue weighted by Gasteiger charge is 2.13. The molecule has 0 saturated carbocycles. The summed E-state index contributed by atoms with van der Waals surface area (Å²) in [5, 5.41) is 3.79. The molecule has 0 saturated heterocycles. The molecule has 0 spiro atoms. The molecule has 172 valence electrons. The Bertz CT molecular complexity index is 1300. The van der Waals surface area contributed by atoms with Gasteiger partial charge in [-0.15, -0.1) is 0 Å². The number of nitrogens with one attached hydrogen (secondary N) is 1. The van der Waals surface area contributed by atoms with Crippen LogP contribution in [0.5, 0.6) is 11.5 Å². The highest BCUT2D eigenvalue weighted by Crippen LogP contribution is 2.28. The number of hydrogen-bond acceptors (Lipinski definition) is 5. The molecular formula is C25H27ClN4O3. The Morgan fingerprint density at radius 2 is 1.76 bits per heavy atom. The maximum Gasteiger partial charge on any atom is 0.272 e. The minimum absolute atomic E-state index is 0.141. The second-order valence-electron chi connectivity index (χ2n) is 7.86. The first kappa shape index (κ1) is 22.9. The standard InChI is InChI=1S/C25H27ClN4O3/c1-4-11-29(15-17-5-10-22(32-2)23(12-17)33-3)16-20-13-25(31)30-24(27-20)14-21(28-30)18-6-8-19(26)9-7-18/h5-10,12-14,28H,4,11,15-16H2,1-3H3. The van der Waals surface area contributed by atoms with E-state index in [9.17, 15) is 4.79 Å². The minimum Gasteiger partial charge on any atom is -0.493 e. The van der Waals surface area contributed by atoms with Crippen molar-refractivity contribution < 1.29 is 9.47 Å². The molecule has 0 aliphatic heterocycles. The molecule has 2 aromatic heterocycles. The Hall–Kier alpha value is -3.29. The van der Waals surface area contributed by atoms with Gasteiger partial charge in [-0.2, -0.15) is 0 Å². The number of nitrogens with zero attached hydrogens (tertiary/aromatic N) is 3. The van der Waals surface area contributed by atoms with Crippen LogP contribution in [-0.4, -0.2) is 40.3 Å². The fourth-order valence-electron chi connectivity index (χ4n) is 3.90. The first-order chi connectivity index (χ1) is 16.0. The molecule has 2 heterocycles. The van der Waals surface area contributed by atoms with E-state index < -0.39 is 0 Å². The highest BCUT2D eigenvalue weighted by atomic mass is 35.5. The van der Waals surface area contributed by atoms with Crippen molar-refractivity contribution >= 4 is 17.2 Å². The lowest BCUT2D eigenvalue weighted by molar-refractivity contribution is 0.253. The van der Waals surface area contributed by atoms with Crippen LogP contribution in [0.25, 0.3) is 16.9 Å². The Labute approximate surface area is 197 Å². The maximum absolute atomic E-state index is 12.8. The largest absolute Gasteiger partial charge is 0.493 e. The average Bonchev–Trinajstić information content (AvgIpc) is 3.24. The molecular weight excluding hydrogens is 440 g/mol. The molecule has 4 aromatic rings. The Kier molecular flexibility index (Phi) is 7.01. The van der Waals surface area contributed by atoms with Gasteiger partial charge in [-0.3, -0.25) is 14.8 Å². The first-order valence-electron chi connectivity index (χ1n) is 10.8. The van der Waals surface area contributed by atoms with E-state index in [0.717, 1.165) is 35.5 Å². The zero-order valence-electron chi connectivity index (χ0n) is 19.0. The van der Waals surface area contributed by atoms with E-state index in [1.54, 1.807) is 20.3 Å². The number of hydrogen-bond donors (Lipinski definition) is 1. The molecule has 33 heavy (non-hydrogen) atoms. The summed E-state index contributed by atoms with van der Waals surface area (Å²) in [6.07, 6.45) is 0.986. The monoisotopic (exact) mass is 466 g/mol. The number of benzene rings is 2. The van der Waals surface area contributed by atoms with E-state index in [1.807, 2.05) is 48.5 Å². The van der Waals surface area contributed by atoms with Crippen LogP contribution in [0.15, 0.2) is 59.4 Å². The van der Waals surface area contributed by atoms with Gasteiger partial charge in [0.25, 0.3) is 5.56 Å². The maximum atomic E-state index is 12.8. The van der Waals surface area contributed by atoms with E-state index in [2.05, 4.69) is 16.9 Å². The third kappa shape index (κ3) is 5.21. The predicted octanol–water partition coefficient (Wildman–Crippen LogP) is 4.77. The summed E-state index contributed by atoms with van der Waals surface area (Å²) in [4.78, 5) is 19.8. The van der Waals surface area contributed by atoms with E-state index in [1.165, 1.54) is 4.52 Å². The van der Waals surface area contributed by atoms with Crippen LogP contribution in [0.1, 0.15) is 24.6 Å². The topological polar surface area (TPSA) is 71.9 Å². The number of H-pyrrole nitrogens is 1. The van der Waals surface area contributed by atoms with Gasteiger partial charge in [0.15, 0.2) is 17.1 Å². The van der Waals surface area contributed by atoms with Gasteiger partial charge in [0.05, 0.1) is 25.6 Å². The van der Waals surface area contributed by atoms with Crippen LogP contribution in [0.2, 0.25) is 5.02 Å². The number of methoxy groups -OCH3 is 2. The lowest BCUT2D eigenvalue weighted by Gasteiger charge is -2.22. The number of aromatic amines is 1. The van der Waals surface area contributed by atoms with E-state index >= 15 is 0 Å². The van der Waals surface area contributed by atoms with Crippen LogP contribution in [0.3, 0.4) is 0 Å². The summed E-state index contributed by atoms with van der Waals surface area (Å²) in [6, 6.07) is 16.8. The number of ether oxygens (including phenoxy) is 2. The summed E-state index contributed by atoms with van der Waals surface area (Å²) < 4.78 is 12.2. The van der Waals surface area contributed by atoms with Gasteiger partial charge >= 0.3 is 0 Å². The quantitative estimate of drug-likeness (QED) is 0.384. The summed E-state index contributed by atoms with van der Waals surface area (Å²) in [5.74, 6) is 1.40. The summed E-state index contributed by atoms with van der Waals surface area (Å²) in [6.45, 7) is 4.28. The molecule has 0 radical (unpaired) electrons. The number of rotatable bonds is 9. The van der Waals surface area contributed by atoms with Gasteiger partial charge in [0.2, 0.25) is 0 Å². The van der Waals surface area contributed by atoms with Crippen molar-refractivity contribution in [3.8, 4) is 22.8 Å². The number of fused-ring (bicyclic) bond motifs is 1. The van der Waals surface area contributed by atoms with Crippen LogP contribution in [0, 0.1) is 0 Å². The minimum atomic E-state index is -0.141. The molecule has 0 atom stereocenters. The van der Waals surface area contributed by atoms with Crippen LogP contribution in [0.4, 0.5) is 0 Å². The molecule has 2 aromatic carbocycles. The van der Waals surface area contributed by atoms with Crippen LogP contribution in [-0.2, 0) is 13.1 Å². The Balaban J connectivity index is 1.59. The van der Waals surface area contributed by atoms with Crippen molar-refractivity contribution in [3.05, 3.63) is 81.2 Å². The van der Waals surface area contributed by atoms with Gasteiger partial charge in [-0.1, -0.05) is 36.7 Å². The summed E-state index contributed by atoms with van der Waals surface area (Å²) in [5.41, 5.74) is 4.03. The molecule has 0 bridgehead atoms. The molecule has 7 nitrogen and oxygen atoms in total. The van der Waals surface area contributed by atoms with Crippen molar-refractivity contribution in [1.29, 1.82) is 0 Å². The normalized spacial score (nSPS) is 11.3. The first-order valence-corrected chi connectivity index (χ1v) is 11.2. The van der Waals surface area contributed by atoms with Gasteiger partial charge in [0.1, 0.15) is 0 Å². The van der Waals surface area contributed by atoms with E-state index in [4.69, 9.17) is 26.1 Å². The molecule has 0 unspecified atom stereocenters. The number of halogens is 1. The van der Waals surface area contributed by atoms with Gasteiger partial charge in [0, 0.05) is 30.2 Å². The van der Waals surface area contributed by atoms with Gasteiger partial charge in [-0.25, -0.2) is 9.50 Å². The van der Waals surface area contributed by atoms with Crippen molar-refractivity contribution in [3.63, 3.8) is 0 Å². The third-order valence-electron chi connectivity index (χ3n) is 5.44.